The van der Waals surface area contributed by atoms with Gasteiger partial charge in [-0.2, -0.15) is 5.26 Å². The SMILES string of the molecule is C=CCOC(=O)C1=C(C)OC(N)=C(C#N)[C@]12C(=O)Nc1cccc(C)c12. The van der Waals surface area contributed by atoms with Crippen molar-refractivity contribution in [1.82, 2.24) is 0 Å². The third-order valence-electron chi connectivity index (χ3n) is 4.50. The molecule has 2 aliphatic heterocycles. The van der Waals surface area contributed by atoms with Gasteiger partial charge in [0.1, 0.15) is 29.6 Å². The molecule has 26 heavy (non-hydrogen) atoms. The Balaban J connectivity index is 2.38. The largest absolute Gasteiger partial charge is 0.458 e. The summed E-state index contributed by atoms with van der Waals surface area (Å²) in [7, 11) is 0. The molecule has 7 heteroatoms. The summed E-state index contributed by atoms with van der Waals surface area (Å²) in [5.41, 5.74) is 5.75. The number of aryl methyl sites for hydroxylation is 1. The summed E-state index contributed by atoms with van der Waals surface area (Å²) in [5.74, 6) is -1.42. The summed E-state index contributed by atoms with van der Waals surface area (Å²) in [6.07, 6.45) is 1.41. The predicted octanol–water partition coefficient (Wildman–Crippen LogP) is 1.91. The van der Waals surface area contributed by atoms with Gasteiger partial charge in [0.15, 0.2) is 5.41 Å². The third-order valence-corrected chi connectivity index (χ3v) is 4.50. The lowest BCUT2D eigenvalue weighted by atomic mass is 9.67. The van der Waals surface area contributed by atoms with E-state index in [0.29, 0.717) is 11.3 Å². The van der Waals surface area contributed by atoms with Gasteiger partial charge in [-0.25, -0.2) is 4.79 Å². The Morgan fingerprint density at radius 2 is 2.23 bits per heavy atom. The number of esters is 1. The van der Waals surface area contributed by atoms with Crippen LogP contribution in [0, 0.1) is 18.3 Å². The highest BCUT2D eigenvalue weighted by molar-refractivity contribution is 6.17. The van der Waals surface area contributed by atoms with Crippen molar-refractivity contribution in [1.29, 1.82) is 5.26 Å². The van der Waals surface area contributed by atoms with E-state index < -0.39 is 17.3 Å². The highest BCUT2D eigenvalue weighted by atomic mass is 16.5. The summed E-state index contributed by atoms with van der Waals surface area (Å²) >= 11 is 0. The molecule has 0 saturated heterocycles. The number of rotatable bonds is 3. The number of anilines is 1. The molecule has 7 nitrogen and oxygen atoms in total. The zero-order valence-corrected chi connectivity index (χ0v) is 14.4. The first kappa shape index (κ1) is 17.3. The number of hydrogen-bond acceptors (Lipinski definition) is 6. The van der Waals surface area contributed by atoms with Gasteiger partial charge in [-0.15, -0.1) is 0 Å². The molecule has 1 aromatic carbocycles. The van der Waals surface area contributed by atoms with Gasteiger partial charge in [-0.3, -0.25) is 4.79 Å². The molecule has 1 amide bonds. The second kappa shape index (κ2) is 6.08. The second-order valence-electron chi connectivity index (χ2n) is 5.97. The molecule has 0 saturated carbocycles. The Hall–Kier alpha value is -3.53. The maximum atomic E-state index is 13.1. The number of ether oxygens (including phenoxy) is 2. The first-order chi connectivity index (χ1) is 12.4. The Morgan fingerprint density at radius 3 is 2.88 bits per heavy atom. The van der Waals surface area contributed by atoms with Gasteiger partial charge in [-0.1, -0.05) is 24.8 Å². The van der Waals surface area contributed by atoms with Crippen molar-refractivity contribution in [3.8, 4) is 6.07 Å². The molecule has 0 fully saturated rings. The molecule has 2 heterocycles. The van der Waals surface area contributed by atoms with Crippen molar-refractivity contribution in [2.24, 2.45) is 5.73 Å². The van der Waals surface area contributed by atoms with Crippen LogP contribution < -0.4 is 11.1 Å². The number of nitrogens with zero attached hydrogens (tertiary/aromatic N) is 1. The van der Waals surface area contributed by atoms with Gasteiger partial charge in [-0.05, 0) is 25.5 Å². The molecule has 0 aliphatic carbocycles. The molecule has 2 aliphatic rings. The van der Waals surface area contributed by atoms with Gasteiger partial charge in [0.25, 0.3) is 0 Å². The number of allylic oxidation sites excluding steroid dienone is 1. The van der Waals surface area contributed by atoms with E-state index in [2.05, 4.69) is 11.9 Å². The molecule has 0 bridgehead atoms. The summed E-state index contributed by atoms with van der Waals surface area (Å²) in [6.45, 7) is 6.77. The molecule has 0 radical (unpaired) electrons. The number of hydrogen-bond donors (Lipinski definition) is 2. The quantitative estimate of drug-likeness (QED) is 0.635. The summed E-state index contributed by atoms with van der Waals surface area (Å²) < 4.78 is 10.6. The van der Waals surface area contributed by atoms with Crippen LogP contribution in [0.3, 0.4) is 0 Å². The van der Waals surface area contributed by atoms with Crippen molar-refractivity contribution in [3.05, 3.63) is 64.8 Å². The smallest absolute Gasteiger partial charge is 0.339 e. The fourth-order valence-electron chi connectivity index (χ4n) is 3.56. The zero-order chi connectivity index (χ0) is 19.1. The normalized spacial score (nSPS) is 21.0. The number of amides is 1. The van der Waals surface area contributed by atoms with E-state index in [1.807, 2.05) is 6.07 Å². The van der Waals surface area contributed by atoms with Crippen LogP contribution in [0.5, 0.6) is 0 Å². The molecule has 0 unspecified atom stereocenters. The predicted molar refractivity (Wildman–Crippen MR) is 93.3 cm³/mol. The lowest BCUT2D eigenvalue weighted by Crippen LogP contribution is -2.46. The summed E-state index contributed by atoms with van der Waals surface area (Å²) in [5, 5.41) is 12.5. The molecule has 1 spiro atoms. The number of nitrogens with one attached hydrogen (secondary N) is 1. The van der Waals surface area contributed by atoms with Crippen LogP contribution in [0.4, 0.5) is 5.69 Å². The number of carbonyl (C=O) groups excluding carboxylic acids is 2. The molecule has 3 rings (SSSR count). The fourth-order valence-corrected chi connectivity index (χ4v) is 3.56. The third kappa shape index (κ3) is 2.12. The molecular weight excluding hydrogens is 334 g/mol. The number of benzene rings is 1. The molecule has 3 N–H and O–H groups in total. The van der Waals surface area contributed by atoms with Crippen molar-refractivity contribution in [2.45, 2.75) is 19.3 Å². The standard InChI is InChI=1S/C19H17N3O4/c1-4-8-25-17(23)15-11(3)26-16(21)12(9-20)19(15)14-10(2)6-5-7-13(14)22-18(19)24/h4-7H,1,8,21H2,2-3H3,(H,22,24)/t19-/m1/s1. The van der Waals surface area contributed by atoms with E-state index in [1.54, 1.807) is 25.1 Å². The number of fused-ring (bicyclic) bond motifs is 2. The zero-order valence-electron chi connectivity index (χ0n) is 14.4. The van der Waals surface area contributed by atoms with Crippen molar-refractivity contribution < 1.29 is 19.1 Å². The Bertz CT molecular complexity index is 952. The Labute approximate surface area is 150 Å². The van der Waals surface area contributed by atoms with Crippen molar-refractivity contribution in [3.63, 3.8) is 0 Å². The highest BCUT2D eigenvalue weighted by Crippen LogP contribution is 2.52. The Kier molecular flexibility index (Phi) is 4.04. The minimum atomic E-state index is -1.71. The average molecular weight is 351 g/mol. The Morgan fingerprint density at radius 1 is 1.50 bits per heavy atom. The van der Waals surface area contributed by atoms with Crippen LogP contribution in [-0.2, 0) is 24.5 Å². The van der Waals surface area contributed by atoms with E-state index in [9.17, 15) is 14.9 Å². The molecule has 1 aromatic rings. The first-order valence-corrected chi connectivity index (χ1v) is 7.88. The summed E-state index contributed by atoms with van der Waals surface area (Å²) in [6, 6.07) is 7.23. The highest BCUT2D eigenvalue weighted by Gasteiger charge is 2.60. The molecule has 0 aromatic heterocycles. The minimum Gasteiger partial charge on any atom is -0.458 e. The van der Waals surface area contributed by atoms with Crippen LogP contribution in [0.1, 0.15) is 18.1 Å². The molecule has 132 valence electrons. The van der Waals surface area contributed by atoms with Crippen molar-refractivity contribution >= 4 is 17.6 Å². The van der Waals surface area contributed by atoms with E-state index in [0.717, 1.165) is 5.56 Å². The van der Waals surface area contributed by atoms with Crippen LogP contribution in [-0.4, -0.2) is 18.5 Å². The van der Waals surface area contributed by atoms with E-state index in [-0.39, 0.29) is 29.4 Å². The molecular formula is C19H17N3O4. The van der Waals surface area contributed by atoms with Gasteiger partial charge >= 0.3 is 5.97 Å². The van der Waals surface area contributed by atoms with Gasteiger partial charge < -0.3 is 20.5 Å². The maximum Gasteiger partial charge on any atom is 0.339 e. The number of nitriles is 1. The van der Waals surface area contributed by atoms with Crippen molar-refractivity contribution in [2.75, 3.05) is 11.9 Å². The van der Waals surface area contributed by atoms with Gasteiger partial charge in [0.05, 0.1) is 0 Å². The average Bonchev–Trinajstić information content (AvgIpc) is 2.87. The van der Waals surface area contributed by atoms with Gasteiger partial charge in [0.2, 0.25) is 11.8 Å². The minimum absolute atomic E-state index is 0.0466. The van der Waals surface area contributed by atoms with Crippen LogP contribution in [0.15, 0.2) is 53.6 Å². The summed E-state index contributed by atoms with van der Waals surface area (Å²) in [4.78, 5) is 25.9. The first-order valence-electron chi connectivity index (χ1n) is 7.88. The maximum absolute atomic E-state index is 13.1. The number of nitrogens with two attached hydrogens (primary N) is 1. The van der Waals surface area contributed by atoms with Gasteiger partial charge in [0, 0.05) is 11.3 Å². The molecule has 1 atom stereocenters. The lowest BCUT2D eigenvalue weighted by Gasteiger charge is -2.34. The number of carbonyl (C=O) groups is 2. The van der Waals surface area contributed by atoms with Crippen LogP contribution in [0.2, 0.25) is 0 Å². The van der Waals surface area contributed by atoms with E-state index in [4.69, 9.17) is 15.2 Å². The fraction of sp³-hybridized carbons (Fsp3) is 0.211. The van der Waals surface area contributed by atoms with Crippen LogP contribution >= 0.6 is 0 Å². The topological polar surface area (TPSA) is 114 Å². The lowest BCUT2D eigenvalue weighted by molar-refractivity contribution is -0.140. The second-order valence-corrected chi connectivity index (χ2v) is 5.97. The monoisotopic (exact) mass is 351 g/mol. The van der Waals surface area contributed by atoms with Crippen LogP contribution in [0.25, 0.3) is 0 Å². The van der Waals surface area contributed by atoms with E-state index >= 15 is 0 Å². The van der Waals surface area contributed by atoms with E-state index in [1.165, 1.54) is 13.0 Å².